The lowest BCUT2D eigenvalue weighted by Crippen LogP contribution is -2.10. The van der Waals surface area contributed by atoms with Gasteiger partial charge in [0.05, 0.1) is 5.56 Å². The molecule has 17 heavy (non-hydrogen) atoms. The second-order valence-corrected chi connectivity index (χ2v) is 4.09. The van der Waals surface area contributed by atoms with Crippen molar-refractivity contribution in [3.05, 3.63) is 29.3 Å². The normalized spacial score (nSPS) is 9.35. The van der Waals surface area contributed by atoms with E-state index in [9.17, 15) is 4.79 Å². The quantitative estimate of drug-likeness (QED) is 0.788. The Bertz CT molecular complexity index is 344. The number of amides is 1. The average molecular weight is 237 g/mol. The fourth-order valence-corrected chi connectivity index (χ4v) is 1.35. The topological polar surface area (TPSA) is 63.3 Å². The first-order valence-electron chi connectivity index (χ1n) is 6.12. The third-order valence-electron chi connectivity index (χ3n) is 2.38. The van der Waals surface area contributed by atoms with E-state index in [-0.39, 0.29) is 11.3 Å². The smallest absolute Gasteiger partial charge is 0.252 e. The van der Waals surface area contributed by atoms with Gasteiger partial charge in [-0.2, -0.15) is 0 Å². The van der Waals surface area contributed by atoms with Gasteiger partial charge in [-0.15, -0.1) is 0 Å². The van der Waals surface area contributed by atoms with Crippen LogP contribution in [0.3, 0.4) is 0 Å². The van der Waals surface area contributed by atoms with Crippen LogP contribution in [0.25, 0.3) is 0 Å². The van der Waals surface area contributed by atoms with Gasteiger partial charge in [0.1, 0.15) is 5.75 Å². The third kappa shape index (κ3) is 6.61. The van der Waals surface area contributed by atoms with Gasteiger partial charge in [0.25, 0.3) is 5.91 Å². The fraction of sp³-hybridized carbons (Fsp3) is 0.500. The zero-order valence-corrected chi connectivity index (χ0v) is 11.0. The maximum atomic E-state index is 10.6. The molecule has 0 aliphatic carbocycles. The lowest BCUT2D eigenvalue weighted by atomic mass is 10.1. The van der Waals surface area contributed by atoms with E-state index in [1.807, 2.05) is 6.92 Å². The molecule has 0 unspecified atom stereocenters. The molecule has 3 N–H and O–H groups in total. The highest BCUT2D eigenvalue weighted by molar-refractivity contribution is 5.95. The zero-order chi connectivity index (χ0) is 13.3. The van der Waals surface area contributed by atoms with Crippen LogP contribution in [0.15, 0.2) is 18.2 Å². The van der Waals surface area contributed by atoms with Crippen molar-refractivity contribution in [1.82, 2.24) is 0 Å². The molecule has 1 aromatic rings. The van der Waals surface area contributed by atoms with Gasteiger partial charge in [-0.3, -0.25) is 4.79 Å². The standard InChI is InChI=1S/C8H9NO2.C6H14/c1-5-2-3-6(8(9)11)7(10)4-5;1-3-5-6-4-2/h2-4,10H,1H3,(H2,9,11);3-6H2,1-2H3. The molecule has 0 aliphatic heterocycles. The Morgan fingerprint density at radius 1 is 1.24 bits per heavy atom. The molecule has 0 saturated heterocycles. The SMILES string of the molecule is CCCCCC.Cc1ccc(C(N)=O)c(O)c1. The molecule has 96 valence electrons. The van der Waals surface area contributed by atoms with E-state index >= 15 is 0 Å². The zero-order valence-electron chi connectivity index (χ0n) is 11.0. The van der Waals surface area contributed by atoms with Crippen molar-refractivity contribution in [2.75, 3.05) is 0 Å². The van der Waals surface area contributed by atoms with Gasteiger partial charge >= 0.3 is 0 Å². The minimum atomic E-state index is -0.609. The van der Waals surface area contributed by atoms with Gasteiger partial charge in [-0.05, 0) is 24.6 Å². The maximum Gasteiger partial charge on any atom is 0.252 e. The molecule has 1 amide bonds. The molecule has 0 fully saturated rings. The molecule has 0 atom stereocenters. The Morgan fingerprint density at radius 3 is 2.12 bits per heavy atom. The molecule has 3 heteroatoms. The maximum absolute atomic E-state index is 10.6. The number of primary amides is 1. The van der Waals surface area contributed by atoms with Gasteiger partial charge < -0.3 is 10.8 Å². The summed E-state index contributed by atoms with van der Waals surface area (Å²) in [6.45, 7) is 6.29. The number of rotatable bonds is 4. The highest BCUT2D eigenvalue weighted by Crippen LogP contribution is 2.17. The molecule has 0 spiro atoms. The number of benzene rings is 1. The number of nitrogens with two attached hydrogens (primary N) is 1. The minimum absolute atomic E-state index is 0.0579. The summed E-state index contributed by atoms with van der Waals surface area (Å²) >= 11 is 0. The van der Waals surface area contributed by atoms with Crippen LogP contribution in [0.5, 0.6) is 5.75 Å². The van der Waals surface area contributed by atoms with Crippen LogP contribution in [0, 0.1) is 6.92 Å². The number of phenols is 1. The Morgan fingerprint density at radius 2 is 1.76 bits per heavy atom. The van der Waals surface area contributed by atoms with Gasteiger partial charge in [-0.25, -0.2) is 0 Å². The van der Waals surface area contributed by atoms with Gasteiger partial charge in [-0.1, -0.05) is 45.6 Å². The number of carbonyl (C=O) groups excluding carboxylic acids is 1. The summed E-state index contributed by atoms with van der Waals surface area (Å²) in [4.78, 5) is 10.6. The number of carbonyl (C=O) groups is 1. The van der Waals surface area contributed by atoms with E-state index in [4.69, 9.17) is 10.8 Å². The van der Waals surface area contributed by atoms with Crippen molar-refractivity contribution in [2.24, 2.45) is 5.73 Å². The van der Waals surface area contributed by atoms with E-state index in [0.717, 1.165) is 5.56 Å². The lowest BCUT2D eigenvalue weighted by Gasteiger charge is -1.99. The predicted molar refractivity (Wildman–Crippen MR) is 71.2 cm³/mol. The minimum Gasteiger partial charge on any atom is -0.507 e. The number of hydrogen-bond acceptors (Lipinski definition) is 2. The van der Waals surface area contributed by atoms with E-state index < -0.39 is 5.91 Å². The van der Waals surface area contributed by atoms with Crippen LogP contribution in [0.4, 0.5) is 0 Å². The van der Waals surface area contributed by atoms with Crippen molar-refractivity contribution < 1.29 is 9.90 Å². The van der Waals surface area contributed by atoms with Gasteiger partial charge in [0.15, 0.2) is 0 Å². The first-order valence-corrected chi connectivity index (χ1v) is 6.12. The van der Waals surface area contributed by atoms with E-state index in [1.165, 1.54) is 37.8 Å². The van der Waals surface area contributed by atoms with Crippen LogP contribution in [0.2, 0.25) is 0 Å². The molecule has 3 nitrogen and oxygen atoms in total. The largest absolute Gasteiger partial charge is 0.507 e. The molecule has 0 radical (unpaired) electrons. The molecular weight excluding hydrogens is 214 g/mol. The van der Waals surface area contributed by atoms with E-state index in [0.29, 0.717) is 0 Å². The summed E-state index contributed by atoms with van der Waals surface area (Å²) < 4.78 is 0. The van der Waals surface area contributed by atoms with Crippen LogP contribution in [-0.2, 0) is 0 Å². The Balaban J connectivity index is 0.000000366. The summed E-state index contributed by atoms with van der Waals surface area (Å²) in [6.07, 6.45) is 5.54. The van der Waals surface area contributed by atoms with Crippen LogP contribution >= 0.6 is 0 Å². The van der Waals surface area contributed by atoms with E-state index in [1.54, 1.807) is 6.07 Å². The van der Waals surface area contributed by atoms with Crippen molar-refractivity contribution >= 4 is 5.91 Å². The number of aromatic hydroxyl groups is 1. The highest BCUT2D eigenvalue weighted by Gasteiger charge is 2.05. The first-order chi connectivity index (χ1) is 8.02. The summed E-state index contributed by atoms with van der Waals surface area (Å²) in [5, 5.41) is 9.16. The van der Waals surface area contributed by atoms with Crippen LogP contribution in [0.1, 0.15) is 55.5 Å². The van der Waals surface area contributed by atoms with Crippen LogP contribution in [-0.4, -0.2) is 11.0 Å². The van der Waals surface area contributed by atoms with Crippen molar-refractivity contribution in [3.8, 4) is 5.75 Å². The average Bonchev–Trinajstić information content (AvgIpc) is 2.26. The third-order valence-corrected chi connectivity index (χ3v) is 2.38. The van der Waals surface area contributed by atoms with Gasteiger partial charge in [0, 0.05) is 0 Å². The van der Waals surface area contributed by atoms with Crippen LogP contribution < -0.4 is 5.73 Å². The monoisotopic (exact) mass is 237 g/mol. The molecule has 0 aliphatic rings. The summed E-state index contributed by atoms with van der Waals surface area (Å²) in [7, 11) is 0. The van der Waals surface area contributed by atoms with E-state index in [2.05, 4.69) is 13.8 Å². The summed E-state index contributed by atoms with van der Waals surface area (Å²) in [5.41, 5.74) is 6.02. The predicted octanol–water partition coefficient (Wildman–Crippen LogP) is 3.39. The molecule has 1 rings (SSSR count). The molecular formula is C14H23NO2. The number of unbranched alkanes of at least 4 members (excludes halogenated alkanes) is 3. The first kappa shape index (κ1) is 15.5. The number of hydrogen-bond donors (Lipinski definition) is 2. The van der Waals surface area contributed by atoms with Crippen molar-refractivity contribution in [3.63, 3.8) is 0 Å². The second-order valence-electron chi connectivity index (χ2n) is 4.09. The van der Waals surface area contributed by atoms with Crippen molar-refractivity contribution in [1.29, 1.82) is 0 Å². The second kappa shape index (κ2) is 8.62. The molecule has 0 aromatic heterocycles. The molecule has 0 heterocycles. The Labute approximate surface area is 104 Å². The fourth-order valence-electron chi connectivity index (χ4n) is 1.35. The number of aryl methyl sites for hydroxylation is 1. The molecule has 0 saturated carbocycles. The summed E-state index contributed by atoms with van der Waals surface area (Å²) in [5.74, 6) is -0.667. The van der Waals surface area contributed by atoms with Gasteiger partial charge in [0.2, 0.25) is 0 Å². The van der Waals surface area contributed by atoms with Crippen molar-refractivity contribution in [2.45, 2.75) is 46.5 Å². The summed E-state index contributed by atoms with van der Waals surface area (Å²) in [6, 6.07) is 4.73. The molecule has 0 bridgehead atoms. The molecule has 1 aromatic carbocycles. The Kier molecular flexibility index (Phi) is 7.85. The Hall–Kier alpha value is -1.51. The highest BCUT2D eigenvalue weighted by atomic mass is 16.3. The lowest BCUT2D eigenvalue weighted by molar-refractivity contribution is 0.0998.